The van der Waals surface area contributed by atoms with E-state index in [0.29, 0.717) is 22.4 Å². The van der Waals surface area contributed by atoms with E-state index in [0.717, 1.165) is 0 Å². The standard InChI is InChI=1S/C15H11NO4/c1-9-8-10(6-7-11(9)14(17)18)19-15-16-12-4-2-3-5-13(12)20-15/h2-8H,1H3,(H,17,18). The number of aryl methyl sites for hydroxylation is 1. The predicted octanol–water partition coefficient (Wildman–Crippen LogP) is 3.63. The van der Waals surface area contributed by atoms with Crippen LogP contribution in [0.5, 0.6) is 11.8 Å². The van der Waals surface area contributed by atoms with Crippen LogP contribution in [0.15, 0.2) is 46.9 Å². The van der Waals surface area contributed by atoms with Crippen molar-refractivity contribution in [2.24, 2.45) is 0 Å². The zero-order valence-electron chi connectivity index (χ0n) is 10.7. The molecule has 2 aromatic carbocycles. The first-order valence-corrected chi connectivity index (χ1v) is 6.01. The van der Waals surface area contributed by atoms with Gasteiger partial charge in [0.05, 0.1) is 5.56 Å². The summed E-state index contributed by atoms with van der Waals surface area (Å²) in [6, 6.07) is 12.0. The summed E-state index contributed by atoms with van der Waals surface area (Å²) < 4.78 is 10.9. The van der Waals surface area contributed by atoms with Crippen molar-refractivity contribution in [3.63, 3.8) is 0 Å². The lowest BCUT2D eigenvalue weighted by molar-refractivity contribution is 0.0696. The number of aromatic carboxylic acids is 1. The van der Waals surface area contributed by atoms with Gasteiger partial charge >= 0.3 is 12.0 Å². The van der Waals surface area contributed by atoms with E-state index in [-0.39, 0.29) is 11.6 Å². The maximum absolute atomic E-state index is 10.9. The minimum atomic E-state index is -0.962. The van der Waals surface area contributed by atoms with Crippen molar-refractivity contribution in [1.29, 1.82) is 0 Å². The molecule has 0 unspecified atom stereocenters. The van der Waals surface area contributed by atoms with Crippen LogP contribution in [0, 0.1) is 6.92 Å². The van der Waals surface area contributed by atoms with Crippen LogP contribution in [0.1, 0.15) is 15.9 Å². The van der Waals surface area contributed by atoms with Crippen LogP contribution < -0.4 is 4.74 Å². The number of rotatable bonds is 3. The fraction of sp³-hybridized carbons (Fsp3) is 0.0667. The molecule has 20 heavy (non-hydrogen) atoms. The Balaban J connectivity index is 1.90. The Labute approximate surface area is 114 Å². The van der Waals surface area contributed by atoms with E-state index < -0.39 is 5.97 Å². The van der Waals surface area contributed by atoms with Gasteiger partial charge < -0.3 is 14.3 Å². The molecule has 3 aromatic rings. The second kappa shape index (κ2) is 4.70. The third-order valence-corrected chi connectivity index (χ3v) is 2.91. The number of para-hydroxylation sites is 2. The van der Waals surface area contributed by atoms with Crippen LogP contribution in [-0.4, -0.2) is 16.1 Å². The normalized spacial score (nSPS) is 10.7. The molecule has 0 saturated carbocycles. The summed E-state index contributed by atoms with van der Waals surface area (Å²) >= 11 is 0. The van der Waals surface area contributed by atoms with Gasteiger partial charge in [-0.3, -0.25) is 0 Å². The lowest BCUT2D eigenvalue weighted by atomic mass is 10.1. The van der Waals surface area contributed by atoms with E-state index in [1.165, 1.54) is 6.07 Å². The maximum atomic E-state index is 10.9. The van der Waals surface area contributed by atoms with Gasteiger partial charge in [0, 0.05) is 0 Å². The molecule has 0 fully saturated rings. The van der Waals surface area contributed by atoms with Gasteiger partial charge in [0.25, 0.3) is 0 Å². The van der Waals surface area contributed by atoms with Gasteiger partial charge in [-0.05, 0) is 42.8 Å². The Hall–Kier alpha value is -2.82. The Morgan fingerprint density at radius 3 is 2.75 bits per heavy atom. The molecule has 0 aliphatic heterocycles. The van der Waals surface area contributed by atoms with Crippen LogP contribution in [-0.2, 0) is 0 Å². The monoisotopic (exact) mass is 269 g/mol. The highest BCUT2D eigenvalue weighted by Crippen LogP contribution is 2.26. The molecule has 0 atom stereocenters. The number of oxazole rings is 1. The third kappa shape index (κ3) is 2.21. The van der Waals surface area contributed by atoms with Gasteiger partial charge in [-0.2, -0.15) is 4.98 Å². The van der Waals surface area contributed by atoms with Crippen molar-refractivity contribution >= 4 is 17.1 Å². The average molecular weight is 269 g/mol. The van der Waals surface area contributed by atoms with Crippen molar-refractivity contribution in [3.05, 3.63) is 53.6 Å². The van der Waals surface area contributed by atoms with Gasteiger partial charge in [0.1, 0.15) is 11.3 Å². The molecule has 0 amide bonds. The molecule has 0 aliphatic rings. The molecule has 0 bridgehead atoms. The molecule has 100 valence electrons. The van der Waals surface area contributed by atoms with Crippen LogP contribution in [0.2, 0.25) is 0 Å². The highest BCUT2D eigenvalue weighted by atomic mass is 16.6. The molecule has 5 heteroatoms. The molecule has 1 heterocycles. The molecule has 0 radical (unpaired) electrons. The Morgan fingerprint density at radius 1 is 1.25 bits per heavy atom. The predicted molar refractivity (Wildman–Crippen MR) is 72.2 cm³/mol. The SMILES string of the molecule is Cc1cc(Oc2nc3ccccc3o2)ccc1C(=O)O. The number of carboxylic acids is 1. The number of carbonyl (C=O) groups is 1. The molecule has 5 nitrogen and oxygen atoms in total. The van der Waals surface area contributed by atoms with Crippen LogP contribution in [0.3, 0.4) is 0 Å². The summed E-state index contributed by atoms with van der Waals surface area (Å²) in [7, 11) is 0. The second-order valence-electron chi connectivity index (χ2n) is 4.33. The summed E-state index contributed by atoms with van der Waals surface area (Å²) in [5, 5.41) is 8.97. The first-order chi connectivity index (χ1) is 9.63. The van der Waals surface area contributed by atoms with Crippen molar-refractivity contribution in [1.82, 2.24) is 4.98 Å². The Kier molecular flexibility index (Phi) is 2.87. The average Bonchev–Trinajstić information content (AvgIpc) is 2.80. The number of hydrogen-bond acceptors (Lipinski definition) is 4. The number of fused-ring (bicyclic) bond motifs is 1. The van der Waals surface area contributed by atoms with Crippen molar-refractivity contribution in [3.8, 4) is 11.8 Å². The van der Waals surface area contributed by atoms with Crippen LogP contribution in [0.25, 0.3) is 11.1 Å². The highest BCUT2D eigenvalue weighted by molar-refractivity contribution is 5.89. The van der Waals surface area contributed by atoms with E-state index in [4.69, 9.17) is 14.3 Å². The van der Waals surface area contributed by atoms with Crippen molar-refractivity contribution < 1.29 is 19.1 Å². The molecular formula is C15H11NO4. The quantitative estimate of drug-likeness (QED) is 0.786. The first kappa shape index (κ1) is 12.2. The van der Waals surface area contributed by atoms with Gasteiger partial charge in [-0.15, -0.1) is 0 Å². The van der Waals surface area contributed by atoms with Gasteiger partial charge in [0.15, 0.2) is 5.58 Å². The van der Waals surface area contributed by atoms with Crippen molar-refractivity contribution in [2.45, 2.75) is 6.92 Å². The molecular weight excluding hydrogens is 258 g/mol. The lowest BCUT2D eigenvalue weighted by Gasteiger charge is -2.04. The molecule has 0 aliphatic carbocycles. The molecule has 0 saturated heterocycles. The van der Waals surface area contributed by atoms with Gasteiger partial charge in [-0.1, -0.05) is 12.1 Å². The number of carboxylic acid groups (broad SMARTS) is 1. The zero-order valence-corrected chi connectivity index (χ0v) is 10.7. The van der Waals surface area contributed by atoms with Gasteiger partial charge in [0.2, 0.25) is 0 Å². The Morgan fingerprint density at radius 2 is 2.05 bits per heavy atom. The van der Waals surface area contributed by atoms with E-state index in [2.05, 4.69) is 4.98 Å². The number of benzene rings is 2. The van der Waals surface area contributed by atoms with Crippen molar-refractivity contribution in [2.75, 3.05) is 0 Å². The fourth-order valence-corrected chi connectivity index (χ4v) is 1.94. The van der Waals surface area contributed by atoms with E-state index >= 15 is 0 Å². The summed E-state index contributed by atoms with van der Waals surface area (Å²) in [5.41, 5.74) is 2.21. The van der Waals surface area contributed by atoms with E-state index in [1.807, 2.05) is 18.2 Å². The topological polar surface area (TPSA) is 72.6 Å². The van der Waals surface area contributed by atoms with Crippen LogP contribution in [0.4, 0.5) is 0 Å². The summed E-state index contributed by atoms with van der Waals surface area (Å²) in [4.78, 5) is 15.1. The minimum absolute atomic E-state index is 0.133. The molecule has 0 spiro atoms. The minimum Gasteiger partial charge on any atom is -0.478 e. The fourth-order valence-electron chi connectivity index (χ4n) is 1.94. The smallest absolute Gasteiger partial charge is 0.400 e. The highest BCUT2D eigenvalue weighted by Gasteiger charge is 2.11. The summed E-state index contributed by atoms with van der Waals surface area (Å²) in [5.74, 6) is -0.477. The summed E-state index contributed by atoms with van der Waals surface area (Å²) in [6.07, 6.45) is 0.133. The largest absolute Gasteiger partial charge is 0.478 e. The zero-order chi connectivity index (χ0) is 14.1. The van der Waals surface area contributed by atoms with Gasteiger partial charge in [-0.25, -0.2) is 4.79 Å². The number of ether oxygens (including phenoxy) is 1. The molecule has 1 N–H and O–H groups in total. The molecule has 1 aromatic heterocycles. The Bertz CT molecular complexity index is 758. The number of nitrogens with zero attached hydrogens (tertiary/aromatic N) is 1. The lowest BCUT2D eigenvalue weighted by Crippen LogP contribution is -1.99. The first-order valence-electron chi connectivity index (χ1n) is 6.01. The van der Waals surface area contributed by atoms with E-state index in [1.54, 1.807) is 25.1 Å². The third-order valence-electron chi connectivity index (χ3n) is 2.91. The van der Waals surface area contributed by atoms with E-state index in [9.17, 15) is 4.79 Å². The van der Waals surface area contributed by atoms with Crippen LogP contribution >= 0.6 is 0 Å². The maximum Gasteiger partial charge on any atom is 0.400 e. The second-order valence-corrected chi connectivity index (χ2v) is 4.33. The number of hydrogen-bond donors (Lipinski definition) is 1. The molecule has 3 rings (SSSR count). The number of aromatic nitrogens is 1. The summed E-state index contributed by atoms with van der Waals surface area (Å²) in [6.45, 7) is 1.71.